The Morgan fingerprint density at radius 2 is 2.22 bits per heavy atom. The Hall–Kier alpha value is -1.08. The smallest absolute Gasteiger partial charge is 0.268 e. The Balaban J connectivity index is 2.39. The fourth-order valence-corrected chi connectivity index (χ4v) is 2.15. The molecule has 0 unspecified atom stereocenters. The summed E-state index contributed by atoms with van der Waals surface area (Å²) >= 11 is 7.99. The second-order valence-corrected chi connectivity index (χ2v) is 5.31. The SMILES string of the molecule is COc1ccc(Cl)cc1Cn1ncc(I)cc1=O. The molecule has 0 fully saturated rings. The number of hydrogen-bond donors (Lipinski definition) is 0. The van der Waals surface area contributed by atoms with Crippen LogP contribution in [0.4, 0.5) is 0 Å². The molecule has 0 N–H and O–H groups in total. The molecule has 1 heterocycles. The van der Waals surface area contributed by atoms with Crippen molar-refractivity contribution in [1.82, 2.24) is 9.78 Å². The molecule has 1 aromatic carbocycles. The summed E-state index contributed by atoms with van der Waals surface area (Å²) in [6, 6.07) is 6.82. The Kier molecular flexibility index (Phi) is 4.23. The van der Waals surface area contributed by atoms with E-state index in [1.165, 1.54) is 10.7 Å². The maximum absolute atomic E-state index is 11.8. The third-order valence-electron chi connectivity index (χ3n) is 2.40. The summed E-state index contributed by atoms with van der Waals surface area (Å²) in [5.74, 6) is 0.687. The molecule has 0 spiro atoms. The van der Waals surface area contributed by atoms with Gasteiger partial charge in [0.25, 0.3) is 5.56 Å². The summed E-state index contributed by atoms with van der Waals surface area (Å²) in [5.41, 5.74) is 0.671. The van der Waals surface area contributed by atoms with Gasteiger partial charge in [0, 0.05) is 20.2 Å². The normalized spacial score (nSPS) is 10.4. The van der Waals surface area contributed by atoms with Crippen molar-refractivity contribution in [2.45, 2.75) is 6.54 Å². The van der Waals surface area contributed by atoms with E-state index in [-0.39, 0.29) is 5.56 Å². The van der Waals surface area contributed by atoms with Crippen molar-refractivity contribution in [1.29, 1.82) is 0 Å². The number of nitrogens with zero attached hydrogens (tertiary/aromatic N) is 2. The average Bonchev–Trinajstić information content (AvgIpc) is 2.33. The highest BCUT2D eigenvalue weighted by Gasteiger charge is 2.07. The van der Waals surface area contributed by atoms with E-state index < -0.39 is 0 Å². The van der Waals surface area contributed by atoms with Crippen LogP contribution in [0.15, 0.2) is 35.3 Å². The molecular weight excluding hydrogens is 367 g/mol. The largest absolute Gasteiger partial charge is 0.496 e. The number of methoxy groups -OCH3 is 1. The minimum Gasteiger partial charge on any atom is -0.496 e. The Labute approximate surface area is 123 Å². The van der Waals surface area contributed by atoms with Gasteiger partial charge in [-0.25, -0.2) is 4.68 Å². The predicted molar refractivity (Wildman–Crippen MR) is 78.3 cm³/mol. The fourth-order valence-electron chi connectivity index (χ4n) is 1.56. The van der Waals surface area contributed by atoms with E-state index in [9.17, 15) is 4.79 Å². The molecule has 2 rings (SSSR count). The van der Waals surface area contributed by atoms with E-state index in [1.807, 2.05) is 0 Å². The van der Waals surface area contributed by atoms with E-state index in [4.69, 9.17) is 16.3 Å². The molecule has 0 aliphatic carbocycles. The monoisotopic (exact) mass is 376 g/mol. The summed E-state index contributed by atoms with van der Waals surface area (Å²) < 4.78 is 7.42. The van der Waals surface area contributed by atoms with Gasteiger partial charge in [0.05, 0.1) is 19.9 Å². The van der Waals surface area contributed by atoms with Crippen LogP contribution in [0.5, 0.6) is 5.75 Å². The second kappa shape index (κ2) is 5.71. The van der Waals surface area contributed by atoms with Crippen molar-refractivity contribution in [2.24, 2.45) is 0 Å². The maximum atomic E-state index is 11.8. The highest BCUT2D eigenvalue weighted by atomic mass is 127. The van der Waals surface area contributed by atoms with Gasteiger partial charge >= 0.3 is 0 Å². The van der Waals surface area contributed by atoms with Gasteiger partial charge in [-0.1, -0.05) is 11.6 Å². The quantitative estimate of drug-likeness (QED) is 0.774. The molecule has 94 valence electrons. The highest BCUT2D eigenvalue weighted by molar-refractivity contribution is 14.1. The molecule has 0 aliphatic rings. The molecule has 6 heteroatoms. The van der Waals surface area contributed by atoms with Gasteiger partial charge in [-0.05, 0) is 40.8 Å². The Morgan fingerprint density at radius 3 is 2.89 bits per heavy atom. The van der Waals surface area contributed by atoms with Gasteiger partial charge in [0.1, 0.15) is 5.75 Å². The van der Waals surface area contributed by atoms with E-state index >= 15 is 0 Å². The molecular formula is C12H10ClIN2O2. The van der Waals surface area contributed by atoms with E-state index in [2.05, 4.69) is 27.7 Å². The van der Waals surface area contributed by atoms with E-state index in [0.29, 0.717) is 17.3 Å². The van der Waals surface area contributed by atoms with Crippen LogP contribution in [0, 0.1) is 3.57 Å². The molecule has 4 nitrogen and oxygen atoms in total. The van der Waals surface area contributed by atoms with Crippen molar-refractivity contribution >= 4 is 34.2 Å². The van der Waals surface area contributed by atoms with Crippen LogP contribution in [-0.2, 0) is 6.54 Å². The van der Waals surface area contributed by atoms with Crippen LogP contribution in [0.1, 0.15) is 5.56 Å². The number of hydrogen-bond acceptors (Lipinski definition) is 3. The Bertz CT molecular complexity index is 628. The molecule has 0 aliphatic heterocycles. The average molecular weight is 377 g/mol. The highest BCUT2D eigenvalue weighted by Crippen LogP contribution is 2.22. The minimum atomic E-state index is -0.149. The van der Waals surface area contributed by atoms with E-state index in [0.717, 1.165) is 9.13 Å². The Morgan fingerprint density at radius 1 is 1.44 bits per heavy atom. The second-order valence-electron chi connectivity index (χ2n) is 3.63. The standard InChI is InChI=1S/C12H10ClIN2O2/c1-18-11-3-2-9(13)4-8(11)7-16-12(17)5-10(14)6-15-16/h2-6H,7H2,1H3. The lowest BCUT2D eigenvalue weighted by Crippen LogP contribution is -2.23. The summed E-state index contributed by atoms with van der Waals surface area (Å²) in [5, 5.41) is 4.68. The molecule has 18 heavy (non-hydrogen) atoms. The third-order valence-corrected chi connectivity index (χ3v) is 3.22. The van der Waals surface area contributed by atoms with E-state index in [1.54, 1.807) is 31.5 Å². The molecule has 2 aromatic rings. The summed E-state index contributed by atoms with van der Waals surface area (Å²) in [7, 11) is 1.58. The maximum Gasteiger partial charge on any atom is 0.268 e. The van der Waals surface area contributed by atoms with Gasteiger partial charge in [-0.3, -0.25) is 4.79 Å². The van der Waals surface area contributed by atoms with Crippen LogP contribution in [0.3, 0.4) is 0 Å². The molecule has 0 bridgehead atoms. The zero-order chi connectivity index (χ0) is 13.1. The van der Waals surface area contributed by atoms with Crippen molar-refractivity contribution < 1.29 is 4.74 Å². The minimum absolute atomic E-state index is 0.149. The van der Waals surface area contributed by atoms with Gasteiger partial charge in [-0.15, -0.1) is 0 Å². The molecule has 0 saturated carbocycles. The molecule has 0 atom stereocenters. The number of benzene rings is 1. The van der Waals surface area contributed by atoms with Gasteiger partial charge in [0.2, 0.25) is 0 Å². The lowest BCUT2D eigenvalue weighted by atomic mass is 10.2. The number of aromatic nitrogens is 2. The first-order valence-corrected chi connectivity index (χ1v) is 6.61. The van der Waals surface area contributed by atoms with Crippen LogP contribution in [-0.4, -0.2) is 16.9 Å². The zero-order valence-electron chi connectivity index (χ0n) is 9.56. The lowest BCUT2D eigenvalue weighted by Gasteiger charge is -2.09. The van der Waals surface area contributed by atoms with Crippen LogP contribution >= 0.6 is 34.2 Å². The van der Waals surface area contributed by atoms with Crippen LogP contribution in [0.2, 0.25) is 5.02 Å². The van der Waals surface area contributed by atoms with Gasteiger partial charge in [-0.2, -0.15) is 5.10 Å². The summed E-state index contributed by atoms with van der Waals surface area (Å²) in [4.78, 5) is 11.8. The van der Waals surface area contributed by atoms with Gasteiger partial charge in [0.15, 0.2) is 0 Å². The zero-order valence-corrected chi connectivity index (χ0v) is 12.5. The topological polar surface area (TPSA) is 44.1 Å². The van der Waals surface area contributed by atoms with Crippen molar-refractivity contribution in [3.8, 4) is 5.75 Å². The van der Waals surface area contributed by atoms with Crippen molar-refractivity contribution in [2.75, 3.05) is 7.11 Å². The summed E-state index contributed by atoms with van der Waals surface area (Å²) in [6.45, 7) is 0.333. The lowest BCUT2D eigenvalue weighted by molar-refractivity contribution is 0.406. The van der Waals surface area contributed by atoms with Crippen LogP contribution in [0.25, 0.3) is 0 Å². The van der Waals surface area contributed by atoms with Gasteiger partial charge < -0.3 is 4.74 Å². The first kappa shape index (κ1) is 13.4. The molecule has 0 amide bonds. The number of ether oxygens (including phenoxy) is 1. The molecule has 1 aromatic heterocycles. The van der Waals surface area contributed by atoms with Crippen LogP contribution < -0.4 is 10.3 Å². The third kappa shape index (κ3) is 3.02. The van der Waals surface area contributed by atoms with Crippen molar-refractivity contribution in [3.05, 3.63) is 55.0 Å². The van der Waals surface area contributed by atoms with Crippen molar-refractivity contribution in [3.63, 3.8) is 0 Å². The molecule has 0 saturated heterocycles. The summed E-state index contributed by atoms with van der Waals surface area (Å²) in [6.07, 6.45) is 1.64. The molecule has 0 radical (unpaired) electrons. The predicted octanol–water partition coefficient (Wildman–Crippen LogP) is 2.56. The number of rotatable bonds is 3. The first-order chi connectivity index (χ1) is 8.60. The first-order valence-electron chi connectivity index (χ1n) is 5.15. The number of halogens is 2. The fraction of sp³-hybridized carbons (Fsp3) is 0.167.